The van der Waals surface area contributed by atoms with E-state index >= 15 is 0 Å². The van der Waals surface area contributed by atoms with Gasteiger partial charge in [0.15, 0.2) is 0 Å². The average Bonchev–Trinajstić information content (AvgIpc) is 3.24. The first-order chi connectivity index (χ1) is 14.8. The van der Waals surface area contributed by atoms with Crippen molar-refractivity contribution in [3.63, 3.8) is 0 Å². The predicted molar refractivity (Wildman–Crippen MR) is 132 cm³/mol. The number of hydrogen-bond donors (Lipinski definition) is 0. The number of rotatable bonds is 2. The third-order valence-electron chi connectivity index (χ3n) is 5.95. The topological polar surface area (TPSA) is 16.1 Å². The molecule has 0 unspecified atom stereocenters. The van der Waals surface area contributed by atoms with Gasteiger partial charge in [-0.2, -0.15) is 0 Å². The second-order valence-corrected chi connectivity index (χ2v) is 11.4. The molecule has 1 aliphatic heterocycles. The highest BCUT2D eigenvalue weighted by atomic mass is 32.1. The van der Waals surface area contributed by atoms with Crippen LogP contribution in [0.25, 0.3) is 20.8 Å². The monoisotopic (exact) mass is 420 g/mol. The standard InChI is InChI=1S/C26H20N2SSi/c1-30-24-12-6-3-9-21(24)28(22-10-4-7-13-25(22)30)19-16-14-18(15-17-19)26-27-20-8-2-5-11-23(20)29-26/h2-17,30H,1H3. The van der Waals surface area contributed by atoms with Crippen molar-refractivity contribution in [2.45, 2.75) is 6.55 Å². The third-order valence-corrected chi connectivity index (χ3v) is 9.88. The van der Waals surface area contributed by atoms with Crippen molar-refractivity contribution in [2.24, 2.45) is 0 Å². The van der Waals surface area contributed by atoms with Gasteiger partial charge in [0.05, 0.1) is 10.2 Å². The Balaban J connectivity index is 1.46. The zero-order chi connectivity index (χ0) is 20.1. The molecule has 0 radical (unpaired) electrons. The van der Waals surface area contributed by atoms with E-state index in [1.807, 2.05) is 6.07 Å². The highest BCUT2D eigenvalue weighted by Crippen LogP contribution is 2.37. The lowest BCUT2D eigenvalue weighted by Crippen LogP contribution is -2.47. The van der Waals surface area contributed by atoms with E-state index in [0.29, 0.717) is 0 Å². The van der Waals surface area contributed by atoms with Crippen LogP contribution in [0.1, 0.15) is 0 Å². The van der Waals surface area contributed by atoms with E-state index in [1.54, 1.807) is 11.3 Å². The Morgan fingerprint density at radius 2 is 1.30 bits per heavy atom. The summed E-state index contributed by atoms with van der Waals surface area (Å²) in [5.74, 6) is 0. The van der Waals surface area contributed by atoms with Gasteiger partial charge in [-0.05, 0) is 58.9 Å². The summed E-state index contributed by atoms with van der Waals surface area (Å²) in [6, 6.07) is 35.0. The molecule has 0 spiro atoms. The van der Waals surface area contributed by atoms with Gasteiger partial charge in [0.25, 0.3) is 0 Å². The maximum absolute atomic E-state index is 4.82. The van der Waals surface area contributed by atoms with Crippen molar-refractivity contribution in [1.82, 2.24) is 4.98 Å². The smallest absolute Gasteiger partial charge is 0.124 e. The number of anilines is 3. The van der Waals surface area contributed by atoms with Crippen molar-refractivity contribution < 1.29 is 0 Å². The van der Waals surface area contributed by atoms with Gasteiger partial charge in [-0.3, -0.25) is 0 Å². The molecule has 0 N–H and O–H groups in total. The lowest BCUT2D eigenvalue weighted by molar-refractivity contribution is 1.29. The summed E-state index contributed by atoms with van der Waals surface area (Å²) in [7, 11) is -1.18. The summed E-state index contributed by atoms with van der Waals surface area (Å²) in [5, 5.41) is 4.08. The van der Waals surface area contributed by atoms with Gasteiger partial charge < -0.3 is 4.90 Å². The first-order valence-electron chi connectivity index (χ1n) is 10.2. The van der Waals surface area contributed by atoms with Crippen molar-refractivity contribution in [3.05, 3.63) is 97.1 Å². The van der Waals surface area contributed by atoms with E-state index in [-0.39, 0.29) is 0 Å². The minimum absolute atomic E-state index is 1.07. The van der Waals surface area contributed by atoms with Crippen LogP contribution in [0.3, 0.4) is 0 Å². The fourth-order valence-corrected chi connectivity index (χ4v) is 7.88. The SMILES string of the molecule is C[SiH]1c2ccccc2N(c2ccc(-c3nc4ccccc4s3)cc2)c2ccccc21. The Kier molecular flexibility index (Phi) is 4.08. The Morgan fingerprint density at radius 1 is 0.700 bits per heavy atom. The van der Waals surface area contributed by atoms with E-state index in [2.05, 4.69) is 102 Å². The Bertz CT molecular complexity index is 1290. The summed E-state index contributed by atoms with van der Waals surface area (Å²) < 4.78 is 1.23. The van der Waals surface area contributed by atoms with Crippen molar-refractivity contribution in [2.75, 3.05) is 4.90 Å². The number of thiazole rings is 1. The largest absolute Gasteiger partial charge is 0.311 e. The van der Waals surface area contributed by atoms with E-state index in [0.717, 1.165) is 10.5 Å². The third kappa shape index (κ3) is 2.72. The Labute approximate surface area is 181 Å². The van der Waals surface area contributed by atoms with E-state index in [9.17, 15) is 0 Å². The van der Waals surface area contributed by atoms with Gasteiger partial charge in [-0.25, -0.2) is 4.98 Å². The zero-order valence-corrected chi connectivity index (χ0v) is 18.6. The number of para-hydroxylation sites is 3. The van der Waals surface area contributed by atoms with Crippen LogP contribution in [-0.2, 0) is 0 Å². The van der Waals surface area contributed by atoms with Crippen LogP contribution < -0.4 is 15.3 Å². The molecule has 30 heavy (non-hydrogen) atoms. The fourth-order valence-electron chi connectivity index (χ4n) is 4.44. The second kappa shape index (κ2) is 6.94. The molecule has 0 saturated carbocycles. The molecular formula is C26H20N2SSi. The molecule has 4 aromatic carbocycles. The van der Waals surface area contributed by atoms with Gasteiger partial charge >= 0.3 is 0 Å². The molecule has 6 rings (SSSR count). The van der Waals surface area contributed by atoms with Crippen LogP contribution in [0.5, 0.6) is 0 Å². The van der Waals surface area contributed by atoms with Crippen LogP contribution in [0.15, 0.2) is 97.1 Å². The normalized spacial score (nSPS) is 13.3. The first kappa shape index (κ1) is 17.6. The van der Waals surface area contributed by atoms with Crippen LogP contribution >= 0.6 is 11.3 Å². The number of benzene rings is 4. The van der Waals surface area contributed by atoms with Crippen LogP contribution in [0.2, 0.25) is 6.55 Å². The average molecular weight is 421 g/mol. The number of hydrogen-bond acceptors (Lipinski definition) is 3. The fraction of sp³-hybridized carbons (Fsp3) is 0.0385. The summed E-state index contributed by atoms with van der Waals surface area (Å²) in [5.41, 5.74) is 6.08. The Hall–Kier alpha value is -3.21. The molecule has 0 atom stereocenters. The number of aromatic nitrogens is 1. The summed E-state index contributed by atoms with van der Waals surface area (Å²) in [6.45, 7) is 2.44. The van der Waals surface area contributed by atoms with E-state index in [1.165, 1.54) is 37.7 Å². The molecule has 2 nitrogen and oxygen atoms in total. The molecule has 0 aliphatic carbocycles. The molecular weight excluding hydrogens is 400 g/mol. The predicted octanol–water partition coefficient (Wildman–Crippen LogP) is 5.72. The first-order valence-corrected chi connectivity index (χ1v) is 13.4. The van der Waals surface area contributed by atoms with Crippen LogP contribution in [0.4, 0.5) is 17.1 Å². The minimum Gasteiger partial charge on any atom is -0.311 e. The molecule has 1 aliphatic rings. The van der Waals surface area contributed by atoms with Gasteiger partial charge in [0.1, 0.15) is 13.8 Å². The summed E-state index contributed by atoms with van der Waals surface area (Å²) in [6.07, 6.45) is 0. The zero-order valence-electron chi connectivity index (χ0n) is 16.6. The molecule has 144 valence electrons. The van der Waals surface area contributed by atoms with Crippen molar-refractivity contribution in [3.8, 4) is 10.6 Å². The highest BCUT2D eigenvalue weighted by molar-refractivity contribution is 7.21. The number of nitrogens with zero attached hydrogens (tertiary/aromatic N) is 2. The molecule has 5 aromatic rings. The maximum Gasteiger partial charge on any atom is 0.124 e. The van der Waals surface area contributed by atoms with Gasteiger partial charge in [0, 0.05) is 22.6 Å². The maximum atomic E-state index is 4.82. The minimum atomic E-state index is -1.18. The summed E-state index contributed by atoms with van der Waals surface area (Å²) in [4.78, 5) is 7.23. The molecule has 0 bridgehead atoms. The molecule has 2 heterocycles. The van der Waals surface area contributed by atoms with Crippen molar-refractivity contribution >= 4 is 57.8 Å². The molecule has 0 fully saturated rings. The molecule has 0 saturated heterocycles. The van der Waals surface area contributed by atoms with Crippen molar-refractivity contribution in [1.29, 1.82) is 0 Å². The molecule has 4 heteroatoms. The molecule has 0 amide bonds. The van der Waals surface area contributed by atoms with E-state index in [4.69, 9.17) is 4.98 Å². The summed E-state index contributed by atoms with van der Waals surface area (Å²) >= 11 is 1.75. The lowest BCUT2D eigenvalue weighted by Gasteiger charge is -2.36. The van der Waals surface area contributed by atoms with Gasteiger partial charge in [0.2, 0.25) is 0 Å². The van der Waals surface area contributed by atoms with Gasteiger partial charge in [-0.15, -0.1) is 11.3 Å². The van der Waals surface area contributed by atoms with Crippen LogP contribution in [-0.4, -0.2) is 13.8 Å². The Morgan fingerprint density at radius 3 is 1.97 bits per heavy atom. The molecule has 1 aromatic heterocycles. The second-order valence-electron chi connectivity index (χ2n) is 7.71. The quantitative estimate of drug-likeness (QED) is 0.340. The lowest BCUT2D eigenvalue weighted by atomic mass is 10.1. The number of fused-ring (bicyclic) bond motifs is 3. The highest BCUT2D eigenvalue weighted by Gasteiger charge is 2.29. The van der Waals surface area contributed by atoms with E-state index < -0.39 is 8.80 Å². The van der Waals surface area contributed by atoms with Crippen LogP contribution in [0, 0.1) is 0 Å². The van der Waals surface area contributed by atoms with Gasteiger partial charge in [-0.1, -0.05) is 55.1 Å².